The normalized spacial score (nSPS) is 20.7. The quantitative estimate of drug-likeness (QED) is 0.780. The molecular formula is C21H31N3OS. The molecule has 4 nitrogen and oxygen atoms in total. The summed E-state index contributed by atoms with van der Waals surface area (Å²) in [5.41, 5.74) is 1.32. The maximum atomic E-state index is 5.54. The zero-order chi connectivity index (χ0) is 17.9. The van der Waals surface area contributed by atoms with Crippen LogP contribution >= 0.6 is 11.3 Å². The third-order valence-electron chi connectivity index (χ3n) is 6.00. The highest BCUT2D eigenvalue weighted by atomic mass is 32.1. The van der Waals surface area contributed by atoms with Crippen LogP contribution in [0.4, 0.5) is 0 Å². The number of likely N-dealkylation sites (tertiary alicyclic amines) is 1. The van der Waals surface area contributed by atoms with Gasteiger partial charge in [-0.15, -0.1) is 11.3 Å². The topological polar surface area (TPSA) is 30.3 Å². The third kappa shape index (κ3) is 4.21. The van der Waals surface area contributed by atoms with Gasteiger partial charge in [-0.05, 0) is 70.7 Å². The van der Waals surface area contributed by atoms with Gasteiger partial charge in [-0.25, -0.2) is 4.98 Å². The lowest BCUT2D eigenvalue weighted by atomic mass is 9.95. The minimum atomic E-state index is 0.583. The Hall–Kier alpha value is -1.17. The molecule has 0 spiro atoms. The van der Waals surface area contributed by atoms with Gasteiger partial charge in [0.1, 0.15) is 5.82 Å². The second kappa shape index (κ2) is 8.24. The van der Waals surface area contributed by atoms with E-state index in [1.807, 2.05) is 11.3 Å². The summed E-state index contributed by atoms with van der Waals surface area (Å²) < 4.78 is 8.05. The zero-order valence-electron chi connectivity index (χ0n) is 16.1. The Labute approximate surface area is 161 Å². The minimum absolute atomic E-state index is 0.583. The van der Waals surface area contributed by atoms with Crippen molar-refractivity contribution in [2.24, 2.45) is 5.92 Å². The Kier molecular flexibility index (Phi) is 5.77. The first-order valence-corrected chi connectivity index (χ1v) is 10.9. The molecule has 2 fully saturated rings. The molecule has 0 unspecified atom stereocenters. The van der Waals surface area contributed by atoms with Gasteiger partial charge in [0.2, 0.25) is 0 Å². The van der Waals surface area contributed by atoms with Crippen molar-refractivity contribution in [2.75, 3.05) is 26.3 Å². The molecule has 142 valence electrons. The maximum Gasteiger partial charge on any atom is 0.112 e. The van der Waals surface area contributed by atoms with Crippen molar-refractivity contribution in [1.82, 2.24) is 14.5 Å². The predicted molar refractivity (Wildman–Crippen MR) is 107 cm³/mol. The number of imidazole rings is 1. The van der Waals surface area contributed by atoms with Crippen molar-refractivity contribution >= 4 is 11.3 Å². The molecule has 0 aromatic carbocycles. The monoisotopic (exact) mass is 373 g/mol. The van der Waals surface area contributed by atoms with Gasteiger partial charge in [-0.3, -0.25) is 4.90 Å². The molecule has 0 aliphatic carbocycles. The molecule has 0 N–H and O–H groups in total. The summed E-state index contributed by atoms with van der Waals surface area (Å²) in [5.74, 6) is 2.67. The van der Waals surface area contributed by atoms with E-state index < -0.39 is 0 Å². The number of aromatic nitrogens is 2. The molecule has 0 atom stereocenters. The molecule has 0 saturated carbocycles. The van der Waals surface area contributed by atoms with Crippen molar-refractivity contribution in [3.05, 3.63) is 39.6 Å². The second-order valence-electron chi connectivity index (χ2n) is 7.99. The Morgan fingerprint density at radius 3 is 2.58 bits per heavy atom. The molecule has 2 aromatic rings. The van der Waals surface area contributed by atoms with Crippen LogP contribution in [0.25, 0.3) is 0 Å². The lowest BCUT2D eigenvalue weighted by Gasteiger charge is -2.33. The van der Waals surface area contributed by atoms with Crippen LogP contribution in [0.5, 0.6) is 0 Å². The Balaban J connectivity index is 1.33. The molecule has 2 aromatic heterocycles. The summed E-state index contributed by atoms with van der Waals surface area (Å²) >= 11 is 1.94. The van der Waals surface area contributed by atoms with E-state index >= 15 is 0 Å². The minimum Gasteiger partial charge on any atom is -0.381 e. The molecule has 0 amide bonds. The number of ether oxygens (including phenoxy) is 1. The van der Waals surface area contributed by atoms with Gasteiger partial charge in [-0.2, -0.15) is 0 Å². The molecule has 2 saturated heterocycles. The summed E-state index contributed by atoms with van der Waals surface area (Å²) in [7, 11) is 0. The predicted octanol–water partition coefficient (Wildman–Crippen LogP) is 4.37. The van der Waals surface area contributed by atoms with Crippen LogP contribution in [0.3, 0.4) is 0 Å². The smallest absolute Gasteiger partial charge is 0.112 e. The Morgan fingerprint density at radius 2 is 1.88 bits per heavy atom. The first-order valence-electron chi connectivity index (χ1n) is 10.1. The number of hydrogen-bond acceptors (Lipinski definition) is 4. The van der Waals surface area contributed by atoms with E-state index in [4.69, 9.17) is 9.72 Å². The summed E-state index contributed by atoms with van der Waals surface area (Å²) in [6, 6.07) is 4.54. The molecule has 5 heteroatoms. The number of thiophene rings is 1. The molecule has 0 bridgehead atoms. The molecule has 4 heterocycles. The van der Waals surface area contributed by atoms with E-state index in [1.54, 1.807) is 0 Å². The van der Waals surface area contributed by atoms with Crippen LogP contribution in [-0.2, 0) is 17.8 Å². The van der Waals surface area contributed by atoms with E-state index in [9.17, 15) is 0 Å². The van der Waals surface area contributed by atoms with Gasteiger partial charge in [0, 0.05) is 53.9 Å². The average Bonchev–Trinajstić information content (AvgIpc) is 3.23. The van der Waals surface area contributed by atoms with Gasteiger partial charge >= 0.3 is 0 Å². The van der Waals surface area contributed by atoms with Gasteiger partial charge in [0.05, 0.1) is 0 Å². The van der Waals surface area contributed by atoms with Crippen LogP contribution in [-0.4, -0.2) is 40.8 Å². The van der Waals surface area contributed by atoms with Gasteiger partial charge in [-0.1, -0.05) is 0 Å². The van der Waals surface area contributed by atoms with Crippen LogP contribution in [0, 0.1) is 19.8 Å². The van der Waals surface area contributed by atoms with E-state index in [-0.39, 0.29) is 0 Å². The highest BCUT2D eigenvalue weighted by molar-refractivity contribution is 7.11. The fraction of sp³-hybridized carbons (Fsp3) is 0.667. The number of piperidine rings is 1. The van der Waals surface area contributed by atoms with Crippen molar-refractivity contribution in [3.8, 4) is 0 Å². The summed E-state index contributed by atoms with van der Waals surface area (Å²) in [4.78, 5) is 10.3. The van der Waals surface area contributed by atoms with E-state index in [2.05, 4.69) is 41.6 Å². The standard InChI is InChI=1S/C21H31N3OS/c1-16-13-22-21(19-7-11-25-12-8-19)24(16)14-18-5-9-23(10-6-18)15-20-4-3-17(2)26-20/h3-4,13,18-19H,5-12,14-15H2,1-2H3. The summed E-state index contributed by atoms with van der Waals surface area (Å²) in [6.45, 7) is 10.9. The van der Waals surface area contributed by atoms with Crippen molar-refractivity contribution in [1.29, 1.82) is 0 Å². The first kappa shape index (κ1) is 18.2. The highest BCUT2D eigenvalue weighted by Crippen LogP contribution is 2.29. The lowest BCUT2D eigenvalue weighted by molar-refractivity contribution is 0.0822. The number of aryl methyl sites for hydroxylation is 2. The fourth-order valence-electron chi connectivity index (χ4n) is 4.37. The molecule has 26 heavy (non-hydrogen) atoms. The second-order valence-corrected chi connectivity index (χ2v) is 9.36. The third-order valence-corrected chi connectivity index (χ3v) is 6.98. The lowest BCUT2D eigenvalue weighted by Crippen LogP contribution is -2.34. The maximum absolute atomic E-state index is 5.54. The van der Waals surface area contributed by atoms with Crippen LogP contribution in [0.15, 0.2) is 18.3 Å². The first-order chi connectivity index (χ1) is 12.7. The van der Waals surface area contributed by atoms with Crippen LogP contribution in [0.2, 0.25) is 0 Å². The largest absolute Gasteiger partial charge is 0.381 e. The summed E-state index contributed by atoms with van der Waals surface area (Å²) in [5, 5.41) is 0. The van der Waals surface area contributed by atoms with E-state index in [1.165, 1.54) is 47.2 Å². The molecular weight excluding hydrogens is 342 g/mol. The fourth-order valence-corrected chi connectivity index (χ4v) is 5.31. The summed E-state index contributed by atoms with van der Waals surface area (Å²) in [6.07, 6.45) is 6.91. The van der Waals surface area contributed by atoms with Crippen LogP contribution < -0.4 is 0 Å². The van der Waals surface area contributed by atoms with Gasteiger partial charge < -0.3 is 9.30 Å². The van der Waals surface area contributed by atoms with E-state index in [0.29, 0.717) is 5.92 Å². The van der Waals surface area contributed by atoms with Gasteiger partial charge in [0.15, 0.2) is 0 Å². The van der Waals surface area contributed by atoms with Crippen molar-refractivity contribution in [3.63, 3.8) is 0 Å². The molecule has 2 aliphatic heterocycles. The zero-order valence-corrected chi connectivity index (χ0v) is 16.9. The molecule has 4 rings (SSSR count). The van der Waals surface area contributed by atoms with Crippen molar-refractivity contribution < 1.29 is 4.74 Å². The average molecular weight is 374 g/mol. The Morgan fingerprint density at radius 1 is 1.12 bits per heavy atom. The molecule has 2 aliphatic rings. The molecule has 0 radical (unpaired) electrons. The van der Waals surface area contributed by atoms with E-state index in [0.717, 1.165) is 45.1 Å². The Bertz CT molecular complexity index is 709. The van der Waals surface area contributed by atoms with Crippen molar-refractivity contribution in [2.45, 2.75) is 58.5 Å². The van der Waals surface area contributed by atoms with Crippen LogP contribution in [0.1, 0.15) is 52.9 Å². The van der Waals surface area contributed by atoms with Gasteiger partial charge in [0.25, 0.3) is 0 Å². The SMILES string of the molecule is Cc1ccc(CN2CCC(Cn3c(C)cnc3C3CCOCC3)CC2)s1. The number of hydrogen-bond donors (Lipinski definition) is 0. The highest BCUT2D eigenvalue weighted by Gasteiger charge is 2.25. The number of rotatable bonds is 5. The number of nitrogens with zero attached hydrogens (tertiary/aromatic N) is 3.